The Labute approximate surface area is 128 Å². The van der Waals surface area contributed by atoms with Crippen molar-refractivity contribution in [2.45, 2.75) is 4.90 Å². The minimum Gasteiger partial charge on any atom is -0.316 e. The van der Waals surface area contributed by atoms with Crippen LogP contribution in [0.2, 0.25) is 5.02 Å². The van der Waals surface area contributed by atoms with Gasteiger partial charge in [-0.3, -0.25) is 0 Å². The van der Waals surface area contributed by atoms with Gasteiger partial charge < -0.3 is 5.32 Å². The minimum absolute atomic E-state index is 0. The lowest BCUT2D eigenvalue weighted by Gasteiger charge is -2.18. The van der Waals surface area contributed by atoms with Gasteiger partial charge in [0.25, 0.3) is 0 Å². The van der Waals surface area contributed by atoms with Crippen LogP contribution in [0, 0.1) is 17.7 Å². The quantitative estimate of drug-likeness (QED) is 0.892. The summed E-state index contributed by atoms with van der Waals surface area (Å²) in [5.74, 6) is -0.201. The van der Waals surface area contributed by atoms with Crippen LogP contribution in [-0.4, -0.2) is 38.9 Å². The molecule has 0 bridgehead atoms. The third-order valence-electron chi connectivity index (χ3n) is 3.89. The molecule has 2 aliphatic rings. The summed E-state index contributed by atoms with van der Waals surface area (Å²) in [6.45, 7) is 2.56. The summed E-state index contributed by atoms with van der Waals surface area (Å²) in [6, 6.07) is 4.07. The molecule has 0 radical (unpaired) electrons. The molecule has 0 aliphatic carbocycles. The Morgan fingerprint density at radius 3 is 2.45 bits per heavy atom. The lowest BCUT2D eigenvalue weighted by Crippen LogP contribution is -2.32. The number of fused-ring (bicyclic) bond motifs is 1. The average molecular weight is 341 g/mol. The van der Waals surface area contributed by atoms with Gasteiger partial charge in [0.05, 0.1) is 5.02 Å². The fraction of sp³-hybridized carbons (Fsp3) is 0.500. The smallest absolute Gasteiger partial charge is 0.246 e. The van der Waals surface area contributed by atoms with Crippen LogP contribution in [-0.2, 0) is 10.0 Å². The van der Waals surface area contributed by atoms with Crippen LogP contribution in [0.3, 0.4) is 0 Å². The summed E-state index contributed by atoms with van der Waals surface area (Å²) < 4.78 is 40.2. The van der Waals surface area contributed by atoms with E-state index < -0.39 is 15.8 Å². The molecule has 2 heterocycles. The second-order valence-corrected chi connectivity index (χ2v) is 7.37. The van der Waals surface area contributed by atoms with Crippen LogP contribution in [0.5, 0.6) is 0 Å². The molecular formula is C12H15Cl2FN2O2S. The van der Waals surface area contributed by atoms with E-state index in [4.69, 9.17) is 11.6 Å². The van der Waals surface area contributed by atoms with E-state index in [-0.39, 0.29) is 22.3 Å². The Morgan fingerprint density at radius 1 is 1.25 bits per heavy atom. The normalized spacial score (nSPS) is 26.3. The van der Waals surface area contributed by atoms with E-state index in [9.17, 15) is 12.8 Å². The fourth-order valence-corrected chi connectivity index (χ4v) is 4.70. The van der Waals surface area contributed by atoms with Gasteiger partial charge in [-0.2, -0.15) is 4.31 Å². The van der Waals surface area contributed by atoms with Crippen LogP contribution in [0.1, 0.15) is 0 Å². The maximum atomic E-state index is 13.9. The van der Waals surface area contributed by atoms with E-state index >= 15 is 0 Å². The highest BCUT2D eigenvalue weighted by atomic mass is 35.5. The molecule has 0 spiro atoms. The lowest BCUT2D eigenvalue weighted by molar-refractivity contribution is 0.443. The molecule has 2 atom stereocenters. The van der Waals surface area contributed by atoms with E-state index in [1.54, 1.807) is 0 Å². The van der Waals surface area contributed by atoms with Crippen molar-refractivity contribution in [2.24, 2.45) is 11.8 Å². The summed E-state index contributed by atoms with van der Waals surface area (Å²) in [6.07, 6.45) is 0. The van der Waals surface area contributed by atoms with Gasteiger partial charge >= 0.3 is 0 Å². The third kappa shape index (κ3) is 2.55. The number of hydrogen-bond acceptors (Lipinski definition) is 3. The summed E-state index contributed by atoms with van der Waals surface area (Å²) in [5, 5.41) is 3.08. The molecule has 1 aromatic carbocycles. The first-order valence-electron chi connectivity index (χ1n) is 6.15. The van der Waals surface area contributed by atoms with E-state index in [2.05, 4.69) is 5.32 Å². The van der Waals surface area contributed by atoms with Crippen LogP contribution in [0.15, 0.2) is 23.1 Å². The molecule has 3 rings (SSSR count). The number of nitrogens with one attached hydrogen (secondary N) is 1. The zero-order chi connectivity index (χ0) is 13.6. The predicted octanol–water partition coefficient (Wildman–Crippen LogP) is 1.74. The van der Waals surface area contributed by atoms with Gasteiger partial charge in [-0.15, -0.1) is 12.4 Å². The molecule has 1 aromatic rings. The SMILES string of the molecule is Cl.O=S(=O)(c1cccc(Cl)c1F)N1C[C@H]2CNC[C@H]2C1. The van der Waals surface area contributed by atoms with Gasteiger partial charge in [-0.05, 0) is 37.1 Å². The number of halogens is 3. The Hall–Kier alpha value is -0.400. The van der Waals surface area contributed by atoms with E-state index in [0.29, 0.717) is 24.9 Å². The molecule has 2 saturated heterocycles. The minimum atomic E-state index is -3.79. The molecule has 0 amide bonds. The number of nitrogens with zero attached hydrogens (tertiary/aromatic N) is 1. The Kier molecular flexibility index (Phi) is 4.61. The van der Waals surface area contributed by atoms with E-state index in [0.717, 1.165) is 13.1 Å². The Morgan fingerprint density at radius 2 is 1.85 bits per heavy atom. The number of benzene rings is 1. The summed E-state index contributed by atoms with van der Waals surface area (Å²) >= 11 is 5.65. The standard InChI is InChI=1S/C12H14ClFN2O2S.ClH/c13-10-2-1-3-11(12(10)14)19(17,18)16-6-8-4-15-5-9(8)7-16;/h1-3,8-9,15H,4-7H2;1H/t8-,9+;. The monoisotopic (exact) mass is 340 g/mol. The molecule has 2 aliphatic heterocycles. The van der Waals surface area contributed by atoms with Crippen LogP contribution >= 0.6 is 24.0 Å². The molecule has 0 aromatic heterocycles. The molecule has 1 N–H and O–H groups in total. The Bertz CT molecular complexity index is 599. The first kappa shape index (κ1) is 16.0. The van der Waals surface area contributed by atoms with Crippen molar-refractivity contribution in [1.29, 1.82) is 0 Å². The molecule has 112 valence electrons. The Balaban J connectivity index is 0.00000147. The van der Waals surface area contributed by atoms with Crippen molar-refractivity contribution in [3.05, 3.63) is 29.0 Å². The molecule has 8 heteroatoms. The third-order valence-corrected chi connectivity index (χ3v) is 6.03. The van der Waals surface area contributed by atoms with Crippen molar-refractivity contribution in [3.8, 4) is 0 Å². The zero-order valence-corrected chi connectivity index (χ0v) is 12.9. The van der Waals surface area contributed by atoms with Crippen molar-refractivity contribution in [1.82, 2.24) is 9.62 Å². The van der Waals surface area contributed by atoms with Crippen molar-refractivity contribution < 1.29 is 12.8 Å². The summed E-state index contributed by atoms with van der Waals surface area (Å²) in [5.41, 5.74) is 0. The second kappa shape index (κ2) is 5.77. The van der Waals surface area contributed by atoms with Gasteiger partial charge in [0.15, 0.2) is 5.82 Å². The van der Waals surface area contributed by atoms with Crippen LogP contribution in [0.25, 0.3) is 0 Å². The highest BCUT2D eigenvalue weighted by Gasteiger charge is 2.42. The summed E-state index contributed by atoms with van der Waals surface area (Å²) in [7, 11) is -3.79. The van der Waals surface area contributed by atoms with Gasteiger partial charge in [0, 0.05) is 13.1 Å². The summed E-state index contributed by atoms with van der Waals surface area (Å²) in [4.78, 5) is -0.326. The van der Waals surface area contributed by atoms with Crippen molar-refractivity contribution >= 4 is 34.0 Å². The van der Waals surface area contributed by atoms with Gasteiger partial charge in [-0.1, -0.05) is 17.7 Å². The van der Waals surface area contributed by atoms with Gasteiger partial charge in [-0.25, -0.2) is 12.8 Å². The van der Waals surface area contributed by atoms with Crippen LogP contribution in [0.4, 0.5) is 4.39 Å². The topological polar surface area (TPSA) is 49.4 Å². The molecule has 2 fully saturated rings. The lowest BCUT2D eigenvalue weighted by atomic mass is 10.0. The molecule has 20 heavy (non-hydrogen) atoms. The van der Waals surface area contributed by atoms with Crippen LogP contribution < -0.4 is 5.32 Å². The van der Waals surface area contributed by atoms with Gasteiger partial charge in [0.1, 0.15) is 4.90 Å². The average Bonchev–Trinajstić information content (AvgIpc) is 2.92. The fourth-order valence-electron chi connectivity index (χ4n) is 2.83. The van der Waals surface area contributed by atoms with Gasteiger partial charge in [0.2, 0.25) is 10.0 Å². The first-order chi connectivity index (χ1) is 9.00. The molecule has 0 saturated carbocycles. The zero-order valence-electron chi connectivity index (χ0n) is 10.6. The largest absolute Gasteiger partial charge is 0.316 e. The van der Waals surface area contributed by atoms with E-state index in [1.807, 2.05) is 0 Å². The maximum Gasteiger partial charge on any atom is 0.246 e. The molecule has 0 unspecified atom stereocenters. The van der Waals surface area contributed by atoms with E-state index in [1.165, 1.54) is 22.5 Å². The molecule has 4 nitrogen and oxygen atoms in total. The molecular weight excluding hydrogens is 326 g/mol. The highest BCUT2D eigenvalue weighted by Crippen LogP contribution is 2.32. The maximum absolute atomic E-state index is 13.9. The highest BCUT2D eigenvalue weighted by molar-refractivity contribution is 7.89. The number of hydrogen-bond donors (Lipinski definition) is 1. The van der Waals surface area contributed by atoms with Crippen molar-refractivity contribution in [2.75, 3.05) is 26.2 Å². The number of sulfonamides is 1. The first-order valence-corrected chi connectivity index (χ1v) is 7.97. The number of rotatable bonds is 2. The second-order valence-electron chi connectivity index (χ2n) is 5.05. The van der Waals surface area contributed by atoms with Crippen molar-refractivity contribution in [3.63, 3.8) is 0 Å². The predicted molar refractivity (Wildman–Crippen MR) is 77.3 cm³/mol.